The Kier molecular flexibility index (Phi) is 5.17. The number of nitrogens with one attached hydrogen (secondary N) is 2. The van der Waals surface area contributed by atoms with Gasteiger partial charge in [0.15, 0.2) is 11.5 Å². The summed E-state index contributed by atoms with van der Waals surface area (Å²) < 4.78 is 10.9. The highest BCUT2D eigenvalue weighted by atomic mass is 32.2. The third-order valence-corrected chi connectivity index (χ3v) is 4.14. The van der Waals surface area contributed by atoms with Gasteiger partial charge in [0.1, 0.15) is 13.2 Å². The first-order valence-electron chi connectivity index (χ1n) is 7.24. The fourth-order valence-corrected chi connectivity index (χ4v) is 2.72. The molecular formula is C16H15N3O4S. The van der Waals surface area contributed by atoms with Gasteiger partial charge in [-0.25, -0.2) is 0 Å². The first-order chi connectivity index (χ1) is 11.7. The molecule has 1 aliphatic heterocycles. The SMILES string of the molecule is O=C(CSc1ccc2c(c1)OCCO2)NNC(=O)c1ccncc1. The Morgan fingerprint density at radius 3 is 2.58 bits per heavy atom. The largest absolute Gasteiger partial charge is 0.486 e. The zero-order valence-electron chi connectivity index (χ0n) is 12.7. The van der Waals surface area contributed by atoms with Crippen molar-refractivity contribution < 1.29 is 19.1 Å². The van der Waals surface area contributed by atoms with E-state index in [1.807, 2.05) is 18.2 Å². The summed E-state index contributed by atoms with van der Waals surface area (Å²) in [6.45, 7) is 1.06. The van der Waals surface area contributed by atoms with Gasteiger partial charge in [-0.15, -0.1) is 11.8 Å². The number of carbonyl (C=O) groups excluding carboxylic acids is 2. The second-order valence-corrected chi connectivity index (χ2v) is 5.88. The van der Waals surface area contributed by atoms with Crippen LogP contribution in [0.2, 0.25) is 0 Å². The number of rotatable bonds is 4. The van der Waals surface area contributed by atoms with Gasteiger partial charge in [-0.05, 0) is 30.3 Å². The molecule has 3 rings (SSSR count). The lowest BCUT2D eigenvalue weighted by Gasteiger charge is -2.18. The van der Waals surface area contributed by atoms with Crippen LogP contribution in [0.1, 0.15) is 10.4 Å². The zero-order valence-corrected chi connectivity index (χ0v) is 13.5. The molecule has 24 heavy (non-hydrogen) atoms. The second kappa shape index (κ2) is 7.69. The molecule has 0 atom stereocenters. The van der Waals surface area contributed by atoms with Crippen LogP contribution in [0.3, 0.4) is 0 Å². The molecule has 0 spiro atoms. The van der Waals surface area contributed by atoms with Gasteiger partial charge >= 0.3 is 0 Å². The van der Waals surface area contributed by atoms with Crippen LogP contribution in [-0.2, 0) is 4.79 Å². The van der Waals surface area contributed by atoms with Crippen LogP contribution in [0.4, 0.5) is 0 Å². The van der Waals surface area contributed by atoms with Crippen molar-refractivity contribution in [2.75, 3.05) is 19.0 Å². The lowest BCUT2D eigenvalue weighted by molar-refractivity contribution is -0.119. The Morgan fingerprint density at radius 1 is 1.04 bits per heavy atom. The van der Waals surface area contributed by atoms with Crippen molar-refractivity contribution in [2.45, 2.75) is 4.90 Å². The molecule has 8 heteroatoms. The van der Waals surface area contributed by atoms with E-state index in [1.165, 1.54) is 24.2 Å². The van der Waals surface area contributed by atoms with Crippen molar-refractivity contribution in [3.05, 3.63) is 48.3 Å². The van der Waals surface area contributed by atoms with Crippen molar-refractivity contribution in [1.29, 1.82) is 0 Å². The van der Waals surface area contributed by atoms with E-state index in [1.54, 1.807) is 12.1 Å². The van der Waals surface area contributed by atoms with Crippen molar-refractivity contribution in [2.24, 2.45) is 0 Å². The molecule has 0 fully saturated rings. The number of aromatic nitrogens is 1. The monoisotopic (exact) mass is 345 g/mol. The summed E-state index contributed by atoms with van der Waals surface area (Å²) >= 11 is 1.34. The molecule has 2 N–H and O–H groups in total. The number of ether oxygens (including phenoxy) is 2. The third-order valence-electron chi connectivity index (χ3n) is 3.14. The molecule has 7 nitrogen and oxygen atoms in total. The minimum absolute atomic E-state index is 0.163. The van der Waals surface area contributed by atoms with Crippen molar-refractivity contribution in [3.8, 4) is 11.5 Å². The normalized spacial score (nSPS) is 12.3. The number of hydrogen-bond donors (Lipinski definition) is 2. The van der Waals surface area contributed by atoms with Crippen LogP contribution >= 0.6 is 11.8 Å². The number of pyridine rings is 1. The van der Waals surface area contributed by atoms with E-state index in [0.717, 1.165) is 4.90 Å². The minimum atomic E-state index is -0.393. The average Bonchev–Trinajstić information content (AvgIpc) is 2.65. The van der Waals surface area contributed by atoms with Gasteiger partial charge < -0.3 is 9.47 Å². The van der Waals surface area contributed by atoms with Crippen LogP contribution in [0.5, 0.6) is 11.5 Å². The highest BCUT2D eigenvalue weighted by Crippen LogP contribution is 2.33. The predicted octanol–water partition coefficient (Wildman–Crippen LogP) is 1.41. The van der Waals surface area contributed by atoms with Gasteiger partial charge in [-0.1, -0.05) is 0 Å². The van der Waals surface area contributed by atoms with Gasteiger partial charge in [0.25, 0.3) is 5.91 Å². The minimum Gasteiger partial charge on any atom is -0.486 e. The smallest absolute Gasteiger partial charge is 0.269 e. The number of carbonyl (C=O) groups is 2. The number of hydrazine groups is 1. The molecule has 1 aromatic carbocycles. The van der Waals surface area contributed by atoms with Crippen molar-refractivity contribution >= 4 is 23.6 Å². The number of thioether (sulfide) groups is 1. The summed E-state index contributed by atoms with van der Waals surface area (Å²) in [4.78, 5) is 28.3. The molecule has 0 radical (unpaired) electrons. The molecule has 2 heterocycles. The summed E-state index contributed by atoms with van der Waals surface area (Å²) in [5.41, 5.74) is 5.16. The molecule has 0 unspecified atom stereocenters. The average molecular weight is 345 g/mol. The van der Waals surface area contributed by atoms with E-state index in [2.05, 4.69) is 15.8 Å². The molecule has 0 saturated carbocycles. The van der Waals surface area contributed by atoms with E-state index >= 15 is 0 Å². The summed E-state index contributed by atoms with van der Waals surface area (Å²) in [5, 5.41) is 0. The van der Waals surface area contributed by atoms with E-state index in [9.17, 15) is 9.59 Å². The Hall–Kier alpha value is -2.74. The van der Waals surface area contributed by atoms with Crippen LogP contribution in [0.15, 0.2) is 47.6 Å². The molecule has 1 aliphatic rings. The molecule has 0 aliphatic carbocycles. The van der Waals surface area contributed by atoms with Crippen molar-refractivity contribution in [3.63, 3.8) is 0 Å². The lowest BCUT2D eigenvalue weighted by Crippen LogP contribution is -2.42. The zero-order chi connectivity index (χ0) is 16.8. The van der Waals surface area contributed by atoms with Gasteiger partial charge in [0.2, 0.25) is 5.91 Å². The summed E-state index contributed by atoms with van der Waals surface area (Å²) in [7, 11) is 0. The second-order valence-electron chi connectivity index (χ2n) is 4.83. The van der Waals surface area contributed by atoms with Crippen molar-refractivity contribution in [1.82, 2.24) is 15.8 Å². The maximum atomic E-state index is 11.8. The topological polar surface area (TPSA) is 89.5 Å². The maximum absolute atomic E-state index is 11.8. The summed E-state index contributed by atoms with van der Waals surface area (Å²) in [5.74, 6) is 0.848. The highest BCUT2D eigenvalue weighted by molar-refractivity contribution is 8.00. The fourth-order valence-electron chi connectivity index (χ4n) is 2.00. The molecular weight excluding hydrogens is 330 g/mol. The van der Waals surface area contributed by atoms with E-state index in [4.69, 9.17) is 9.47 Å². The molecule has 0 bridgehead atoms. The predicted molar refractivity (Wildman–Crippen MR) is 88.0 cm³/mol. The van der Waals surface area contributed by atoms with Gasteiger partial charge in [-0.3, -0.25) is 25.4 Å². The van der Waals surface area contributed by atoms with Crippen LogP contribution < -0.4 is 20.3 Å². The molecule has 2 aromatic rings. The Morgan fingerprint density at radius 2 is 1.79 bits per heavy atom. The number of amides is 2. The highest BCUT2D eigenvalue weighted by Gasteiger charge is 2.13. The molecule has 2 amide bonds. The standard InChI is InChI=1S/C16H15N3O4S/c20-15(18-19-16(21)11-3-5-17-6-4-11)10-24-12-1-2-13-14(9-12)23-8-7-22-13/h1-6,9H,7-8,10H2,(H,18,20)(H,19,21). The van der Waals surface area contributed by atoms with Crippen LogP contribution in [0, 0.1) is 0 Å². The fraction of sp³-hybridized carbons (Fsp3) is 0.188. The summed E-state index contributed by atoms with van der Waals surface area (Å²) in [6, 6.07) is 8.64. The summed E-state index contributed by atoms with van der Waals surface area (Å²) in [6.07, 6.45) is 3.02. The van der Waals surface area contributed by atoms with Gasteiger partial charge in [0, 0.05) is 22.9 Å². The quantitative estimate of drug-likeness (QED) is 0.643. The van der Waals surface area contributed by atoms with E-state index in [0.29, 0.717) is 30.3 Å². The Labute approximate surface area is 142 Å². The number of benzene rings is 1. The number of hydrogen-bond acceptors (Lipinski definition) is 6. The van der Waals surface area contributed by atoms with Gasteiger partial charge in [0.05, 0.1) is 5.75 Å². The lowest BCUT2D eigenvalue weighted by atomic mass is 10.3. The van der Waals surface area contributed by atoms with Crippen LogP contribution in [0.25, 0.3) is 0 Å². The molecule has 124 valence electrons. The number of fused-ring (bicyclic) bond motifs is 1. The van der Waals surface area contributed by atoms with E-state index < -0.39 is 5.91 Å². The Bertz CT molecular complexity index is 739. The third kappa shape index (κ3) is 4.17. The molecule has 1 aromatic heterocycles. The first kappa shape index (κ1) is 16.1. The van der Waals surface area contributed by atoms with Crippen LogP contribution in [-0.4, -0.2) is 35.8 Å². The Balaban J connectivity index is 1.46. The molecule has 0 saturated heterocycles. The van der Waals surface area contributed by atoms with E-state index in [-0.39, 0.29) is 11.7 Å². The van der Waals surface area contributed by atoms with Gasteiger partial charge in [-0.2, -0.15) is 0 Å². The maximum Gasteiger partial charge on any atom is 0.269 e. The first-order valence-corrected chi connectivity index (χ1v) is 8.22. The number of nitrogens with zero attached hydrogens (tertiary/aromatic N) is 1.